The van der Waals surface area contributed by atoms with Crippen LogP contribution in [-0.2, 0) is 6.54 Å². The average molecular weight is 445 g/mol. The van der Waals surface area contributed by atoms with Gasteiger partial charge in [-0.3, -0.25) is 0 Å². The number of hydrogen-bond acceptors (Lipinski definition) is 5. The Morgan fingerprint density at radius 3 is 2.22 bits per heavy atom. The molecular weight excluding hydrogens is 420 g/mol. The Labute approximate surface area is 193 Å². The molecule has 1 aromatic heterocycles. The number of nitrogens with zero attached hydrogens (tertiary/aromatic N) is 2. The summed E-state index contributed by atoms with van der Waals surface area (Å²) in [5, 5.41) is 7.60. The molecule has 0 atom stereocenters. The highest BCUT2D eigenvalue weighted by Gasteiger charge is 2.14. The van der Waals surface area contributed by atoms with Crippen molar-refractivity contribution < 1.29 is 4.74 Å². The molecule has 0 saturated carbocycles. The quantitative estimate of drug-likeness (QED) is 0.311. The monoisotopic (exact) mass is 444 g/mol. The molecule has 0 amide bonds. The van der Waals surface area contributed by atoms with Gasteiger partial charge in [0.1, 0.15) is 11.6 Å². The Morgan fingerprint density at radius 1 is 0.844 bits per heavy atom. The van der Waals surface area contributed by atoms with Crippen molar-refractivity contribution in [1.82, 2.24) is 9.97 Å². The van der Waals surface area contributed by atoms with Gasteiger partial charge in [0.05, 0.1) is 6.61 Å². The molecule has 1 heterocycles. The molecule has 162 valence electrons. The molecule has 0 fully saturated rings. The van der Waals surface area contributed by atoms with Crippen molar-refractivity contribution in [3.8, 4) is 17.1 Å². The summed E-state index contributed by atoms with van der Waals surface area (Å²) in [6.45, 7) is 5.21. The summed E-state index contributed by atoms with van der Waals surface area (Å²) in [6, 6.07) is 25.5. The van der Waals surface area contributed by atoms with Gasteiger partial charge in [-0.25, -0.2) is 9.97 Å². The molecule has 0 bridgehead atoms. The average Bonchev–Trinajstić information content (AvgIpc) is 2.82. The lowest BCUT2D eigenvalue weighted by Gasteiger charge is -2.16. The van der Waals surface area contributed by atoms with E-state index in [1.54, 1.807) is 0 Å². The Balaban J connectivity index is 1.63. The van der Waals surface area contributed by atoms with Gasteiger partial charge in [0.15, 0.2) is 5.82 Å². The molecule has 0 saturated heterocycles. The maximum absolute atomic E-state index is 6.05. The van der Waals surface area contributed by atoms with Crippen LogP contribution in [0.4, 0.5) is 17.2 Å². The molecular formula is C26H25ClN4O. The van der Waals surface area contributed by atoms with Crippen LogP contribution in [-0.4, -0.2) is 16.6 Å². The van der Waals surface area contributed by atoms with E-state index >= 15 is 0 Å². The third kappa shape index (κ3) is 5.37. The Bertz CT molecular complexity index is 1160. The minimum atomic E-state index is 0.574. The zero-order valence-corrected chi connectivity index (χ0v) is 18.9. The summed E-state index contributed by atoms with van der Waals surface area (Å²) < 4.78 is 5.52. The van der Waals surface area contributed by atoms with E-state index in [-0.39, 0.29) is 0 Å². The second-order valence-electron chi connectivity index (χ2n) is 7.27. The van der Waals surface area contributed by atoms with Crippen molar-refractivity contribution in [3.63, 3.8) is 0 Å². The van der Waals surface area contributed by atoms with Gasteiger partial charge in [-0.2, -0.15) is 0 Å². The number of halogens is 1. The number of aromatic nitrogens is 2. The lowest BCUT2D eigenvalue weighted by atomic mass is 10.1. The van der Waals surface area contributed by atoms with E-state index in [0.717, 1.165) is 39.8 Å². The fourth-order valence-electron chi connectivity index (χ4n) is 3.32. The summed E-state index contributed by atoms with van der Waals surface area (Å²) in [5.41, 5.74) is 4.79. The van der Waals surface area contributed by atoms with Crippen LogP contribution >= 0.6 is 11.6 Å². The van der Waals surface area contributed by atoms with Gasteiger partial charge < -0.3 is 15.4 Å². The standard InChI is InChI=1S/C26H25ClN4O/c1-3-32-23-15-13-21(14-16-23)28-17-24-18(2)29-25(19-7-5-4-6-8-19)31-26(24)30-22-11-9-20(27)10-12-22/h4-16,28H,3,17H2,1-2H3,(H,29,30,31). The number of nitrogens with one attached hydrogen (secondary N) is 2. The van der Waals surface area contributed by atoms with Crippen LogP contribution in [0.2, 0.25) is 5.02 Å². The molecule has 2 N–H and O–H groups in total. The van der Waals surface area contributed by atoms with Crippen LogP contribution in [0, 0.1) is 6.92 Å². The molecule has 0 spiro atoms. The predicted octanol–water partition coefficient (Wildman–Crippen LogP) is 6.86. The predicted molar refractivity (Wildman–Crippen MR) is 132 cm³/mol. The number of ether oxygens (including phenoxy) is 1. The minimum absolute atomic E-state index is 0.574. The zero-order chi connectivity index (χ0) is 22.3. The number of anilines is 3. The van der Waals surface area contributed by atoms with E-state index in [1.165, 1.54) is 0 Å². The van der Waals surface area contributed by atoms with Gasteiger partial charge >= 0.3 is 0 Å². The third-order valence-corrected chi connectivity index (χ3v) is 5.24. The van der Waals surface area contributed by atoms with E-state index in [4.69, 9.17) is 26.3 Å². The molecule has 0 radical (unpaired) electrons. The molecule has 0 aliphatic carbocycles. The van der Waals surface area contributed by atoms with Crippen molar-refractivity contribution in [2.45, 2.75) is 20.4 Å². The number of benzene rings is 3. The van der Waals surface area contributed by atoms with Crippen LogP contribution in [0.5, 0.6) is 5.75 Å². The first-order chi connectivity index (χ1) is 15.6. The molecule has 3 aromatic carbocycles. The van der Waals surface area contributed by atoms with Crippen LogP contribution < -0.4 is 15.4 Å². The molecule has 5 nitrogen and oxygen atoms in total. The molecule has 4 aromatic rings. The zero-order valence-electron chi connectivity index (χ0n) is 18.1. The van der Waals surface area contributed by atoms with Crippen molar-refractivity contribution in [3.05, 3.63) is 95.1 Å². The summed E-state index contributed by atoms with van der Waals surface area (Å²) in [5.74, 6) is 2.30. The second kappa shape index (κ2) is 10.2. The molecule has 0 unspecified atom stereocenters. The van der Waals surface area contributed by atoms with E-state index in [9.17, 15) is 0 Å². The molecule has 0 aliphatic heterocycles. The molecule has 4 rings (SSSR count). The highest BCUT2D eigenvalue weighted by molar-refractivity contribution is 6.30. The Kier molecular flexibility index (Phi) is 6.87. The first kappa shape index (κ1) is 21.7. The maximum Gasteiger partial charge on any atom is 0.161 e. The summed E-state index contributed by atoms with van der Waals surface area (Å²) in [7, 11) is 0. The molecule has 6 heteroatoms. The normalized spacial score (nSPS) is 10.6. The van der Waals surface area contributed by atoms with Crippen LogP contribution in [0.1, 0.15) is 18.2 Å². The highest BCUT2D eigenvalue weighted by atomic mass is 35.5. The summed E-state index contributed by atoms with van der Waals surface area (Å²) >= 11 is 6.05. The fraction of sp³-hybridized carbons (Fsp3) is 0.154. The fourth-order valence-corrected chi connectivity index (χ4v) is 3.45. The lowest BCUT2D eigenvalue weighted by Crippen LogP contribution is -2.10. The van der Waals surface area contributed by atoms with Crippen molar-refractivity contribution in [2.75, 3.05) is 17.2 Å². The van der Waals surface area contributed by atoms with Gasteiger partial charge in [0, 0.05) is 39.8 Å². The van der Waals surface area contributed by atoms with Crippen molar-refractivity contribution in [2.24, 2.45) is 0 Å². The topological polar surface area (TPSA) is 59.1 Å². The summed E-state index contributed by atoms with van der Waals surface area (Å²) in [6.07, 6.45) is 0. The maximum atomic E-state index is 6.05. The van der Waals surface area contributed by atoms with Gasteiger partial charge in [-0.15, -0.1) is 0 Å². The largest absolute Gasteiger partial charge is 0.494 e. The first-order valence-electron chi connectivity index (χ1n) is 10.5. The Morgan fingerprint density at radius 2 is 1.53 bits per heavy atom. The second-order valence-corrected chi connectivity index (χ2v) is 7.71. The molecule has 0 aliphatic rings. The molecule has 32 heavy (non-hydrogen) atoms. The van der Waals surface area contributed by atoms with Gasteiger partial charge in [0.25, 0.3) is 0 Å². The minimum Gasteiger partial charge on any atom is -0.494 e. The van der Waals surface area contributed by atoms with Crippen molar-refractivity contribution in [1.29, 1.82) is 0 Å². The van der Waals surface area contributed by atoms with Crippen LogP contribution in [0.15, 0.2) is 78.9 Å². The third-order valence-electron chi connectivity index (χ3n) is 4.99. The van der Waals surface area contributed by atoms with Crippen LogP contribution in [0.3, 0.4) is 0 Å². The lowest BCUT2D eigenvalue weighted by molar-refractivity contribution is 0.340. The highest BCUT2D eigenvalue weighted by Crippen LogP contribution is 2.27. The van der Waals surface area contributed by atoms with E-state index < -0.39 is 0 Å². The van der Waals surface area contributed by atoms with E-state index in [0.29, 0.717) is 24.0 Å². The number of aryl methyl sites for hydroxylation is 1. The SMILES string of the molecule is CCOc1ccc(NCc2c(C)nc(-c3ccccc3)nc2Nc2ccc(Cl)cc2)cc1. The number of rotatable bonds is 8. The number of hydrogen-bond donors (Lipinski definition) is 2. The first-order valence-corrected chi connectivity index (χ1v) is 10.9. The smallest absolute Gasteiger partial charge is 0.161 e. The van der Waals surface area contributed by atoms with Crippen molar-refractivity contribution >= 4 is 28.8 Å². The van der Waals surface area contributed by atoms with Crippen LogP contribution in [0.25, 0.3) is 11.4 Å². The summed E-state index contributed by atoms with van der Waals surface area (Å²) in [4.78, 5) is 9.64. The van der Waals surface area contributed by atoms with E-state index in [2.05, 4.69) is 10.6 Å². The van der Waals surface area contributed by atoms with E-state index in [1.807, 2.05) is 92.7 Å². The van der Waals surface area contributed by atoms with Gasteiger partial charge in [-0.1, -0.05) is 41.9 Å². The van der Waals surface area contributed by atoms with Gasteiger partial charge in [0.2, 0.25) is 0 Å². The van der Waals surface area contributed by atoms with Gasteiger partial charge in [-0.05, 0) is 62.4 Å². The Hall–Kier alpha value is -3.57.